The number of aliphatic imine (C=N–C) groups is 1. The van der Waals surface area contributed by atoms with Crippen LogP contribution < -0.4 is 0 Å². The molecule has 1 aliphatic carbocycles. The normalized spacial score (nSPS) is 30.3. The molecule has 1 heterocycles. The number of fused-ring (bicyclic) bond motifs is 1. The number of hydrogen-bond donors (Lipinski definition) is 0. The van der Waals surface area contributed by atoms with Gasteiger partial charge in [0.15, 0.2) is 4.75 Å². The van der Waals surface area contributed by atoms with E-state index in [0.717, 1.165) is 37.3 Å². The Labute approximate surface area is 94.7 Å². The van der Waals surface area contributed by atoms with Gasteiger partial charge in [-0.2, -0.15) is 0 Å². The Hall–Kier alpha value is -0.510. The molecule has 2 aliphatic rings. The molecule has 0 bridgehead atoms. The maximum absolute atomic E-state index is 12.0. The van der Waals surface area contributed by atoms with Gasteiger partial charge in [-0.15, -0.1) is 11.8 Å². The van der Waals surface area contributed by atoms with Crippen molar-refractivity contribution in [3.8, 4) is 0 Å². The molecule has 0 aromatic carbocycles. The van der Waals surface area contributed by atoms with Gasteiger partial charge in [0.05, 0.1) is 6.61 Å². The minimum absolute atomic E-state index is 0.0619. The Morgan fingerprint density at radius 2 is 2.47 bits per heavy atom. The third kappa shape index (κ3) is 1.92. The predicted octanol–water partition coefficient (Wildman–Crippen LogP) is 2.05. The summed E-state index contributed by atoms with van der Waals surface area (Å²) in [5.74, 6) is 0.885. The molecule has 0 aromatic rings. The van der Waals surface area contributed by atoms with Gasteiger partial charge in [0.2, 0.25) is 0 Å². The van der Waals surface area contributed by atoms with Gasteiger partial charge < -0.3 is 4.74 Å². The molecule has 3 nitrogen and oxygen atoms in total. The van der Waals surface area contributed by atoms with Crippen LogP contribution in [0.1, 0.15) is 32.6 Å². The van der Waals surface area contributed by atoms with Gasteiger partial charge >= 0.3 is 5.97 Å². The number of thioether (sulfide) groups is 1. The van der Waals surface area contributed by atoms with Crippen molar-refractivity contribution in [3.63, 3.8) is 0 Å². The molecule has 4 heteroatoms. The van der Waals surface area contributed by atoms with Crippen molar-refractivity contribution >= 4 is 23.4 Å². The standard InChI is InChI=1S/C11H17NO2S/c1-2-14-10(13)11-6-4-3-5-9(11)12-7-8-15-11/h2-8H2,1H3. The maximum Gasteiger partial charge on any atom is 0.328 e. The molecule has 15 heavy (non-hydrogen) atoms. The highest BCUT2D eigenvalue weighted by Crippen LogP contribution is 2.41. The van der Waals surface area contributed by atoms with E-state index in [0.29, 0.717) is 6.61 Å². The summed E-state index contributed by atoms with van der Waals surface area (Å²) in [6.07, 6.45) is 4.17. The summed E-state index contributed by atoms with van der Waals surface area (Å²) >= 11 is 1.74. The van der Waals surface area contributed by atoms with E-state index in [1.54, 1.807) is 11.8 Å². The van der Waals surface area contributed by atoms with Gasteiger partial charge in [0.25, 0.3) is 0 Å². The van der Waals surface area contributed by atoms with Crippen LogP contribution in [0.2, 0.25) is 0 Å². The molecule has 84 valence electrons. The molecule has 1 aliphatic heterocycles. The van der Waals surface area contributed by atoms with Crippen LogP contribution in [0.3, 0.4) is 0 Å². The number of nitrogens with zero attached hydrogens (tertiary/aromatic N) is 1. The number of carbonyl (C=O) groups excluding carboxylic acids is 1. The molecule has 0 radical (unpaired) electrons. The topological polar surface area (TPSA) is 38.7 Å². The first-order valence-electron chi connectivity index (χ1n) is 5.64. The summed E-state index contributed by atoms with van der Waals surface area (Å²) in [6, 6.07) is 0. The van der Waals surface area contributed by atoms with E-state index >= 15 is 0 Å². The number of hydrogen-bond acceptors (Lipinski definition) is 4. The zero-order chi connectivity index (χ0) is 10.7. The first kappa shape index (κ1) is 11.0. The molecule has 1 fully saturated rings. The van der Waals surface area contributed by atoms with Crippen LogP contribution >= 0.6 is 11.8 Å². The number of rotatable bonds is 2. The smallest absolute Gasteiger partial charge is 0.328 e. The van der Waals surface area contributed by atoms with Crippen molar-refractivity contribution in [2.45, 2.75) is 37.4 Å². The van der Waals surface area contributed by atoms with E-state index in [9.17, 15) is 4.79 Å². The van der Waals surface area contributed by atoms with Crippen molar-refractivity contribution in [1.82, 2.24) is 0 Å². The molecule has 0 spiro atoms. The molecular weight excluding hydrogens is 210 g/mol. The minimum Gasteiger partial charge on any atom is -0.465 e. The fourth-order valence-electron chi connectivity index (χ4n) is 2.30. The van der Waals surface area contributed by atoms with Crippen molar-refractivity contribution in [1.29, 1.82) is 0 Å². The van der Waals surface area contributed by atoms with E-state index in [1.165, 1.54) is 6.42 Å². The predicted molar refractivity (Wildman–Crippen MR) is 62.6 cm³/mol. The van der Waals surface area contributed by atoms with E-state index in [1.807, 2.05) is 6.92 Å². The molecular formula is C11H17NO2S. The van der Waals surface area contributed by atoms with Crippen LogP contribution in [0.25, 0.3) is 0 Å². The average molecular weight is 227 g/mol. The van der Waals surface area contributed by atoms with Crippen LogP contribution in [0.4, 0.5) is 0 Å². The Morgan fingerprint density at radius 1 is 1.60 bits per heavy atom. The van der Waals surface area contributed by atoms with Crippen molar-refractivity contribution in [2.75, 3.05) is 18.9 Å². The molecule has 0 amide bonds. The monoisotopic (exact) mass is 227 g/mol. The third-order valence-electron chi connectivity index (χ3n) is 3.01. The second-order valence-corrected chi connectivity index (χ2v) is 5.33. The molecule has 1 atom stereocenters. The van der Waals surface area contributed by atoms with Crippen molar-refractivity contribution in [2.24, 2.45) is 4.99 Å². The van der Waals surface area contributed by atoms with Gasteiger partial charge in [-0.25, -0.2) is 0 Å². The lowest BCUT2D eigenvalue weighted by atomic mass is 9.86. The number of ether oxygens (including phenoxy) is 1. The molecule has 2 rings (SSSR count). The lowest BCUT2D eigenvalue weighted by molar-refractivity contribution is -0.144. The molecule has 0 saturated heterocycles. The first-order valence-corrected chi connectivity index (χ1v) is 6.63. The van der Waals surface area contributed by atoms with Gasteiger partial charge in [-0.05, 0) is 26.2 Å². The first-order chi connectivity index (χ1) is 7.29. The quantitative estimate of drug-likeness (QED) is 0.678. The largest absolute Gasteiger partial charge is 0.465 e. The summed E-state index contributed by atoms with van der Waals surface area (Å²) in [7, 11) is 0. The molecule has 1 unspecified atom stereocenters. The lowest BCUT2D eigenvalue weighted by Crippen LogP contribution is -2.49. The fraction of sp³-hybridized carbons (Fsp3) is 0.818. The van der Waals surface area contributed by atoms with E-state index < -0.39 is 4.75 Å². The van der Waals surface area contributed by atoms with Gasteiger partial charge in [0.1, 0.15) is 0 Å². The molecule has 1 saturated carbocycles. The lowest BCUT2D eigenvalue weighted by Gasteiger charge is -2.37. The molecule has 0 aromatic heterocycles. The second-order valence-electron chi connectivity index (χ2n) is 3.93. The fourth-order valence-corrected chi connectivity index (χ4v) is 3.63. The third-order valence-corrected chi connectivity index (χ3v) is 4.49. The van der Waals surface area contributed by atoms with Gasteiger partial charge in [-0.1, -0.05) is 6.42 Å². The number of carbonyl (C=O) groups is 1. The van der Waals surface area contributed by atoms with Crippen LogP contribution in [-0.4, -0.2) is 35.3 Å². The highest BCUT2D eigenvalue weighted by Gasteiger charge is 2.47. The van der Waals surface area contributed by atoms with Gasteiger partial charge in [0, 0.05) is 18.0 Å². The van der Waals surface area contributed by atoms with Crippen molar-refractivity contribution in [3.05, 3.63) is 0 Å². The Bertz CT molecular complexity index is 290. The summed E-state index contributed by atoms with van der Waals surface area (Å²) in [4.78, 5) is 16.6. The van der Waals surface area contributed by atoms with Crippen LogP contribution in [0.5, 0.6) is 0 Å². The minimum atomic E-state index is -0.410. The van der Waals surface area contributed by atoms with Gasteiger partial charge in [-0.3, -0.25) is 9.79 Å². The SMILES string of the molecule is CCOC(=O)C12CCCCC1=NCCS2. The zero-order valence-electron chi connectivity index (χ0n) is 9.12. The summed E-state index contributed by atoms with van der Waals surface area (Å²) < 4.78 is 4.79. The average Bonchev–Trinajstić information content (AvgIpc) is 2.29. The maximum atomic E-state index is 12.0. The van der Waals surface area contributed by atoms with E-state index in [4.69, 9.17) is 4.74 Å². The summed E-state index contributed by atoms with van der Waals surface area (Å²) in [5.41, 5.74) is 1.09. The highest BCUT2D eigenvalue weighted by molar-refractivity contribution is 8.02. The van der Waals surface area contributed by atoms with E-state index in [2.05, 4.69) is 4.99 Å². The second kappa shape index (κ2) is 4.56. The Morgan fingerprint density at radius 3 is 3.27 bits per heavy atom. The molecule has 0 N–H and O–H groups in total. The summed E-state index contributed by atoms with van der Waals surface area (Å²) in [5, 5.41) is 0. The Kier molecular flexibility index (Phi) is 3.34. The highest BCUT2D eigenvalue weighted by atomic mass is 32.2. The van der Waals surface area contributed by atoms with E-state index in [-0.39, 0.29) is 5.97 Å². The number of esters is 1. The van der Waals surface area contributed by atoms with Crippen LogP contribution in [-0.2, 0) is 9.53 Å². The van der Waals surface area contributed by atoms with Crippen molar-refractivity contribution < 1.29 is 9.53 Å². The van der Waals surface area contributed by atoms with Crippen LogP contribution in [0.15, 0.2) is 4.99 Å². The Balaban J connectivity index is 2.24. The van der Waals surface area contributed by atoms with Crippen LogP contribution in [0, 0.1) is 0 Å². The summed E-state index contributed by atoms with van der Waals surface area (Å²) in [6.45, 7) is 3.19. The zero-order valence-corrected chi connectivity index (χ0v) is 9.94.